The van der Waals surface area contributed by atoms with E-state index in [9.17, 15) is 9.59 Å². The molecule has 158 valence electrons. The van der Waals surface area contributed by atoms with E-state index in [2.05, 4.69) is 0 Å². The molecule has 5 aromatic rings. The van der Waals surface area contributed by atoms with E-state index in [0.717, 1.165) is 21.5 Å². The summed E-state index contributed by atoms with van der Waals surface area (Å²) in [6, 6.07) is 18.9. The second-order valence-corrected chi connectivity index (χ2v) is 7.35. The smallest absolute Gasteiger partial charge is 0.341 e. The molecular weight excluding hydrogens is 404 g/mol. The molecule has 0 aliphatic heterocycles. The minimum Gasteiger partial charge on any atom is -0.462 e. The van der Waals surface area contributed by atoms with Crippen LogP contribution in [0.4, 0.5) is 0 Å². The summed E-state index contributed by atoms with van der Waals surface area (Å²) >= 11 is 0. The Hall–Kier alpha value is -4.06. The van der Waals surface area contributed by atoms with Gasteiger partial charge in [-0.05, 0) is 47.5 Å². The maximum absolute atomic E-state index is 12.9. The Morgan fingerprint density at radius 1 is 0.688 bits per heavy atom. The van der Waals surface area contributed by atoms with Gasteiger partial charge in [-0.25, -0.2) is 19.6 Å². The molecule has 5 rings (SSSR count). The number of hydrogen-bond donors (Lipinski definition) is 0. The van der Waals surface area contributed by atoms with Crippen molar-refractivity contribution in [1.82, 2.24) is 9.97 Å². The highest BCUT2D eigenvalue weighted by molar-refractivity contribution is 6.18. The highest BCUT2D eigenvalue weighted by Crippen LogP contribution is 2.32. The Bertz CT molecular complexity index is 1420. The number of carbonyl (C=O) groups is 2. The Morgan fingerprint density at radius 2 is 1.09 bits per heavy atom. The minimum absolute atomic E-state index is 0.252. The monoisotopic (exact) mass is 424 g/mol. The Kier molecular flexibility index (Phi) is 4.90. The van der Waals surface area contributed by atoms with E-state index in [4.69, 9.17) is 19.4 Å². The normalized spacial score (nSPS) is 11.3. The standard InChI is InChI=1S/C26H20N2O4/c1-3-31-25(29)21-17-11-7-5-9-15(17)13-19-23(21)27-20-14-16-10-6-8-12-18(16)22(24(20)28-19)26(30)32-4-2/h5-14H,3-4H2,1-2H3. The first-order chi connectivity index (χ1) is 15.6. The molecule has 6 heteroatoms. The lowest BCUT2D eigenvalue weighted by atomic mass is 10.00. The molecule has 0 radical (unpaired) electrons. The molecule has 0 saturated heterocycles. The van der Waals surface area contributed by atoms with Crippen molar-refractivity contribution < 1.29 is 19.1 Å². The molecule has 0 N–H and O–H groups in total. The maximum Gasteiger partial charge on any atom is 0.341 e. The van der Waals surface area contributed by atoms with Crippen molar-refractivity contribution in [3.8, 4) is 0 Å². The van der Waals surface area contributed by atoms with Crippen LogP contribution < -0.4 is 0 Å². The third-order valence-electron chi connectivity index (χ3n) is 5.43. The fourth-order valence-corrected chi connectivity index (χ4v) is 4.10. The van der Waals surface area contributed by atoms with Crippen LogP contribution in [0.15, 0.2) is 60.7 Å². The van der Waals surface area contributed by atoms with Gasteiger partial charge in [-0.1, -0.05) is 48.5 Å². The van der Waals surface area contributed by atoms with E-state index >= 15 is 0 Å². The third kappa shape index (κ3) is 3.12. The van der Waals surface area contributed by atoms with Crippen LogP contribution in [0.25, 0.3) is 43.6 Å². The van der Waals surface area contributed by atoms with Gasteiger partial charge in [0.2, 0.25) is 0 Å². The van der Waals surface area contributed by atoms with Gasteiger partial charge in [0.1, 0.15) is 11.0 Å². The number of hydrogen-bond acceptors (Lipinski definition) is 6. The van der Waals surface area contributed by atoms with Crippen molar-refractivity contribution in [1.29, 1.82) is 0 Å². The van der Waals surface area contributed by atoms with Gasteiger partial charge in [0.25, 0.3) is 0 Å². The zero-order valence-electron chi connectivity index (χ0n) is 17.7. The fraction of sp³-hybridized carbons (Fsp3) is 0.154. The summed E-state index contributed by atoms with van der Waals surface area (Å²) in [4.78, 5) is 35.5. The summed E-state index contributed by atoms with van der Waals surface area (Å²) in [5.41, 5.74) is 2.67. The van der Waals surface area contributed by atoms with E-state index < -0.39 is 11.9 Å². The Labute approximate surface area is 183 Å². The van der Waals surface area contributed by atoms with Crippen LogP contribution in [0.5, 0.6) is 0 Å². The number of esters is 2. The summed E-state index contributed by atoms with van der Waals surface area (Å²) in [5.74, 6) is -0.899. The number of rotatable bonds is 4. The lowest BCUT2D eigenvalue weighted by molar-refractivity contribution is 0.0520. The highest BCUT2D eigenvalue weighted by atomic mass is 16.5. The Morgan fingerprint density at radius 3 is 1.50 bits per heavy atom. The van der Waals surface area contributed by atoms with Crippen molar-refractivity contribution in [2.75, 3.05) is 13.2 Å². The van der Waals surface area contributed by atoms with E-state index in [1.54, 1.807) is 13.8 Å². The lowest BCUT2D eigenvalue weighted by Crippen LogP contribution is -2.10. The average molecular weight is 424 g/mol. The first-order valence-electron chi connectivity index (χ1n) is 10.5. The SMILES string of the molecule is CCOC(=O)c1c2ccccc2cc2nc3c(C(=O)OCC)c4ccccc4cc3nc12. The minimum atomic E-state index is -0.450. The maximum atomic E-state index is 12.9. The van der Waals surface area contributed by atoms with E-state index in [1.807, 2.05) is 60.7 Å². The molecule has 0 atom stereocenters. The van der Waals surface area contributed by atoms with Gasteiger partial charge in [-0.2, -0.15) is 0 Å². The van der Waals surface area contributed by atoms with Gasteiger partial charge in [-0.3, -0.25) is 0 Å². The topological polar surface area (TPSA) is 78.4 Å². The highest BCUT2D eigenvalue weighted by Gasteiger charge is 2.22. The summed E-state index contributed by atoms with van der Waals surface area (Å²) in [6.07, 6.45) is 0. The van der Waals surface area contributed by atoms with Crippen molar-refractivity contribution in [2.45, 2.75) is 13.8 Å². The first kappa shape index (κ1) is 19.9. The number of ether oxygens (including phenoxy) is 2. The molecule has 4 aromatic carbocycles. The molecule has 0 fully saturated rings. The summed E-state index contributed by atoms with van der Waals surface area (Å²) in [6.45, 7) is 4.04. The van der Waals surface area contributed by atoms with Crippen molar-refractivity contribution >= 4 is 55.6 Å². The summed E-state index contributed by atoms with van der Waals surface area (Å²) < 4.78 is 10.7. The van der Waals surface area contributed by atoms with Crippen LogP contribution >= 0.6 is 0 Å². The molecule has 0 bridgehead atoms. The van der Waals surface area contributed by atoms with Gasteiger partial charge in [0, 0.05) is 0 Å². The van der Waals surface area contributed by atoms with Crippen LogP contribution in [0.2, 0.25) is 0 Å². The largest absolute Gasteiger partial charge is 0.462 e. The summed E-state index contributed by atoms with van der Waals surface area (Å²) in [5, 5.41) is 3.18. The molecule has 32 heavy (non-hydrogen) atoms. The number of carbonyl (C=O) groups excluding carboxylic acids is 2. The third-order valence-corrected chi connectivity index (χ3v) is 5.43. The number of nitrogens with zero attached hydrogens (tertiary/aromatic N) is 2. The van der Waals surface area contributed by atoms with Gasteiger partial charge in [0.15, 0.2) is 0 Å². The van der Waals surface area contributed by atoms with Gasteiger partial charge < -0.3 is 9.47 Å². The van der Waals surface area contributed by atoms with Gasteiger partial charge in [-0.15, -0.1) is 0 Å². The average Bonchev–Trinajstić information content (AvgIpc) is 2.80. The number of benzene rings is 4. The van der Waals surface area contributed by atoms with Crippen LogP contribution in [-0.4, -0.2) is 35.1 Å². The summed E-state index contributed by atoms with van der Waals surface area (Å²) in [7, 11) is 0. The number of aromatic nitrogens is 2. The zero-order chi connectivity index (χ0) is 22.2. The molecule has 0 aliphatic rings. The molecule has 0 spiro atoms. The van der Waals surface area contributed by atoms with E-state index in [1.165, 1.54) is 0 Å². The van der Waals surface area contributed by atoms with Crippen LogP contribution in [0.3, 0.4) is 0 Å². The van der Waals surface area contributed by atoms with Crippen molar-refractivity contribution in [2.24, 2.45) is 0 Å². The van der Waals surface area contributed by atoms with Crippen molar-refractivity contribution in [3.63, 3.8) is 0 Å². The first-order valence-corrected chi connectivity index (χ1v) is 10.5. The van der Waals surface area contributed by atoms with Crippen molar-refractivity contribution in [3.05, 3.63) is 71.8 Å². The van der Waals surface area contributed by atoms with Crippen LogP contribution in [-0.2, 0) is 9.47 Å². The lowest BCUT2D eigenvalue weighted by Gasteiger charge is -2.13. The van der Waals surface area contributed by atoms with E-state index in [0.29, 0.717) is 33.2 Å². The molecule has 1 heterocycles. The second kappa shape index (κ2) is 7.89. The fourth-order valence-electron chi connectivity index (χ4n) is 4.10. The molecule has 0 saturated carbocycles. The molecule has 0 amide bonds. The van der Waals surface area contributed by atoms with E-state index in [-0.39, 0.29) is 13.2 Å². The molecule has 1 aromatic heterocycles. The van der Waals surface area contributed by atoms with Crippen LogP contribution in [0.1, 0.15) is 34.6 Å². The van der Waals surface area contributed by atoms with Gasteiger partial charge in [0.05, 0.1) is 35.4 Å². The second-order valence-electron chi connectivity index (χ2n) is 7.35. The Balaban J connectivity index is 1.95. The zero-order valence-corrected chi connectivity index (χ0v) is 17.7. The quantitative estimate of drug-likeness (QED) is 0.282. The molecule has 0 unspecified atom stereocenters. The predicted octanol–water partition coefficient (Wildman–Crippen LogP) is 5.44. The molecular formula is C26H20N2O4. The predicted molar refractivity (Wildman–Crippen MR) is 124 cm³/mol. The molecule has 6 nitrogen and oxygen atoms in total. The van der Waals surface area contributed by atoms with Gasteiger partial charge >= 0.3 is 11.9 Å². The number of fused-ring (bicyclic) bond motifs is 4. The molecule has 0 aliphatic carbocycles. The van der Waals surface area contributed by atoms with Crippen LogP contribution in [0, 0.1) is 0 Å².